The topological polar surface area (TPSA) is 33.3 Å². The van der Waals surface area contributed by atoms with Gasteiger partial charge in [0.2, 0.25) is 0 Å². The van der Waals surface area contributed by atoms with Gasteiger partial charge in [-0.15, -0.1) is 0 Å². The van der Waals surface area contributed by atoms with E-state index in [0.29, 0.717) is 11.0 Å². The molecule has 0 aliphatic rings. The van der Waals surface area contributed by atoms with Gasteiger partial charge in [0, 0.05) is 18.3 Å². The minimum absolute atomic E-state index is 0.652. The second-order valence-electron chi connectivity index (χ2n) is 4.30. The van der Waals surface area contributed by atoms with E-state index in [0.717, 1.165) is 24.4 Å². The first-order chi connectivity index (χ1) is 8.11. The quantitative estimate of drug-likeness (QED) is 0.789. The molecule has 0 radical (unpaired) electrons. The van der Waals surface area contributed by atoms with Crippen LogP contribution >= 0.6 is 12.2 Å². The number of nitrogens with one attached hydrogen (secondary N) is 2. The molecule has 0 spiro atoms. The lowest BCUT2D eigenvalue weighted by atomic mass is 10.1. The smallest absolute Gasteiger partial charge is 0.170 e. The molecule has 94 valence electrons. The summed E-state index contributed by atoms with van der Waals surface area (Å²) in [5, 5.41) is 6.96. The highest BCUT2D eigenvalue weighted by Crippen LogP contribution is 2.16. The monoisotopic (exact) mass is 252 g/mol. The van der Waals surface area contributed by atoms with Gasteiger partial charge in [-0.3, -0.25) is 0 Å². The Kier molecular flexibility index (Phi) is 5.77. The van der Waals surface area contributed by atoms with Crippen molar-refractivity contribution in [2.45, 2.75) is 20.3 Å². The lowest BCUT2D eigenvalue weighted by Crippen LogP contribution is -2.29. The maximum atomic E-state index is 5.20. The molecular weight excluding hydrogens is 232 g/mol. The minimum Gasteiger partial charge on any atom is -0.497 e. The van der Waals surface area contributed by atoms with E-state index in [9.17, 15) is 0 Å². The van der Waals surface area contributed by atoms with Gasteiger partial charge in [-0.25, -0.2) is 0 Å². The maximum absolute atomic E-state index is 5.20. The van der Waals surface area contributed by atoms with E-state index in [4.69, 9.17) is 17.0 Å². The molecule has 0 saturated carbocycles. The van der Waals surface area contributed by atoms with Gasteiger partial charge < -0.3 is 15.4 Å². The predicted molar refractivity (Wildman–Crippen MR) is 76.7 cm³/mol. The van der Waals surface area contributed by atoms with Crippen LogP contribution in [0.2, 0.25) is 0 Å². The van der Waals surface area contributed by atoms with Crippen LogP contribution in [0.5, 0.6) is 5.75 Å². The molecule has 1 aromatic carbocycles. The molecule has 0 unspecified atom stereocenters. The van der Waals surface area contributed by atoms with E-state index in [2.05, 4.69) is 24.5 Å². The predicted octanol–water partition coefficient (Wildman–Crippen LogP) is 3.03. The van der Waals surface area contributed by atoms with Gasteiger partial charge in [0.1, 0.15) is 5.75 Å². The summed E-state index contributed by atoms with van der Waals surface area (Å²) in [4.78, 5) is 0. The van der Waals surface area contributed by atoms with Crippen LogP contribution in [0.25, 0.3) is 0 Å². The van der Waals surface area contributed by atoms with Gasteiger partial charge in [0.25, 0.3) is 0 Å². The summed E-state index contributed by atoms with van der Waals surface area (Å²) in [5.41, 5.74) is 0.936. The number of anilines is 1. The first-order valence-corrected chi connectivity index (χ1v) is 6.21. The van der Waals surface area contributed by atoms with Crippen molar-refractivity contribution in [1.29, 1.82) is 0 Å². The largest absolute Gasteiger partial charge is 0.497 e. The summed E-state index contributed by atoms with van der Waals surface area (Å²) in [7, 11) is 1.65. The van der Waals surface area contributed by atoms with Crippen LogP contribution in [0.3, 0.4) is 0 Å². The lowest BCUT2D eigenvalue weighted by molar-refractivity contribution is 0.415. The van der Waals surface area contributed by atoms with E-state index in [1.165, 1.54) is 0 Å². The van der Waals surface area contributed by atoms with Crippen molar-refractivity contribution >= 4 is 23.0 Å². The highest BCUT2D eigenvalue weighted by molar-refractivity contribution is 7.80. The van der Waals surface area contributed by atoms with Crippen molar-refractivity contribution in [3.05, 3.63) is 24.3 Å². The van der Waals surface area contributed by atoms with Crippen molar-refractivity contribution in [3.63, 3.8) is 0 Å². The fourth-order valence-corrected chi connectivity index (χ4v) is 1.57. The van der Waals surface area contributed by atoms with E-state index < -0.39 is 0 Å². The number of rotatable bonds is 5. The van der Waals surface area contributed by atoms with Crippen molar-refractivity contribution in [1.82, 2.24) is 5.32 Å². The second-order valence-corrected chi connectivity index (χ2v) is 4.70. The summed E-state index contributed by atoms with van der Waals surface area (Å²) in [6.07, 6.45) is 1.11. The van der Waals surface area contributed by atoms with E-state index in [-0.39, 0.29) is 0 Å². The molecule has 0 heterocycles. The number of hydrogen-bond donors (Lipinski definition) is 2. The van der Waals surface area contributed by atoms with Crippen LogP contribution in [-0.4, -0.2) is 18.8 Å². The number of thiocarbonyl (C=S) groups is 1. The van der Waals surface area contributed by atoms with E-state index in [1.807, 2.05) is 24.3 Å². The minimum atomic E-state index is 0.652. The summed E-state index contributed by atoms with van der Waals surface area (Å²) >= 11 is 5.20. The molecule has 0 amide bonds. The third-order valence-corrected chi connectivity index (χ3v) is 2.58. The maximum Gasteiger partial charge on any atom is 0.170 e. The summed E-state index contributed by atoms with van der Waals surface area (Å²) in [6.45, 7) is 5.29. The van der Waals surface area contributed by atoms with Crippen molar-refractivity contribution in [2.75, 3.05) is 19.0 Å². The zero-order chi connectivity index (χ0) is 12.7. The molecule has 2 N–H and O–H groups in total. The third-order valence-electron chi connectivity index (χ3n) is 2.33. The molecule has 0 fully saturated rings. The first-order valence-electron chi connectivity index (χ1n) is 5.80. The Morgan fingerprint density at radius 1 is 1.41 bits per heavy atom. The fourth-order valence-electron chi connectivity index (χ4n) is 1.35. The van der Waals surface area contributed by atoms with Gasteiger partial charge in [0.05, 0.1) is 7.11 Å². The van der Waals surface area contributed by atoms with E-state index >= 15 is 0 Å². The summed E-state index contributed by atoms with van der Waals surface area (Å²) < 4.78 is 5.15. The van der Waals surface area contributed by atoms with E-state index in [1.54, 1.807) is 7.11 Å². The van der Waals surface area contributed by atoms with Crippen LogP contribution < -0.4 is 15.4 Å². The Morgan fingerprint density at radius 3 is 2.82 bits per heavy atom. The Labute approximate surface area is 109 Å². The Balaban J connectivity index is 2.39. The lowest BCUT2D eigenvalue weighted by Gasteiger charge is -2.12. The molecule has 1 aromatic rings. The fraction of sp³-hybridized carbons (Fsp3) is 0.462. The number of methoxy groups -OCH3 is 1. The molecule has 4 heteroatoms. The first kappa shape index (κ1) is 13.8. The van der Waals surface area contributed by atoms with Gasteiger partial charge in [-0.05, 0) is 36.7 Å². The zero-order valence-corrected chi connectivity index (χ0v) is 11.4. The Hall–Kier alpha value is -1.29. The standard InChI is InChI=1S/C13H20N2OS/c1-10(2)7-8-14-13(17)15-11-5-4-6-12(9-11)16-3/h4-6,9-10H,7-8H2,1-3H3,(H2,14,15,17). The van der Waals surface area contributed by atoms with Crippen LogP contribution in [0.4, 0.5) is 5.69 Å². The number of benzene rings is 1. The summed E-state index contributed by atoms with van der Waals surface area (Å²) in [5.74, 6) is 1.50. The molecule has 1 rings (SSSR count). The SMILES string of the molecule is COc1cccc(NC(=S)NCCC(C)C)c1. The van der Waals surface area contributed by atoms with Crippen LogP contribution in [0.1, 0.15) is 20.3 Å². The van der Waals surface area contributed by atoms with Crippen molar-refractivity contribution < 1.29 is 4.74 Å². The average Bonchev–Trinajstić information content (AvgIpc) is 2.28. The van der Waals surface area contributed by atoms with Gasteiger partial charge >= 0.3 is 0 Å². The molecule has 0 saturated heterocycles. The van der Waals surface area contributed by atoms with Gasteiger partial charge in [-0.1, -0.05) is 19.9 Å². The van der Waals surface area contributed by atoms with Gasteiger partial charge in [-0.2, -0.15) is 0 Å². The van der Waals surface area contributed by atoms with Crippen LogP contribution in [-0.2, 0) is 0 Å². The molecule has 17 heavy (non-hydrogen) atoms. The number of hydrogen-bond acceptors (Lipinski definition) is 2. The Morgan fingerprint density at radius 2 is 2.18 bits per heavy atom. The second kappa shape index (κ2) is 7.12. The van der Waals surface area contributed by atoms with Crippen molar-refractivity contribution in [3.8, 4) is 5.75 Å². The molecule has 0 atom stereocenters. The average molecular weight is 252 g/mol. The van der Waals surface area contributed by atoms with Crippen molar-refractivity contribution in [2.24, 2.45) is 5.92 Å². The zero-order valence-electron chi connectivity index (χ0n) is 10.6. The molecule has 0 aliphatic carbocycles. The molecule has 3 nitrogen and oxygen atoms in total. The highest BCUT2D eigenvalue weighted by Gasteiger charge is 1.99. The van der Waals surface area contributed by atoms with Crippen LogP contribution in [0, 0.1) is 5.92 Å². The third kappa shape index (κ3) is 5.54. The summed E-state index contributed by atoms with van der Waals surface area (Å²) in [6, 6.07) is 7.70. The molecular formula is C13H20N2OS. The molecule has 0 aliphatic heterocycles. The van der Waals surface area contributed by atoms with Gasteiger partial charge in [0.15, 0.2) is 5.11 Å². The normalized spacial score (nSPS) is 10.1. The highest BCUT2D eigenvalue weighted by atomic mass is 32.1. The van der Waals surface area contributed by atoms with Crippen LogP contribution in [0.15, 0.2) is 24.3 Å². The molecule has 0 aromatic heterocycles. The molecule has 0 bridgehead atoms. The number of ether oxygens (including phenoxy) is 1. The Bertz CT molecular complexity index is 366.